The van der Waals surface area contributed by atoms with Crippen LogP contribution in [0.25, 0.3) is 0 Å². The van der Waals surface area contributed by atoms with Gasteiger partial charge in [-0.2, -0.15) is 74.6 Å². The molecule has 2 nitrogen and oxygen atoms in total. The van der Waals surface area contributed by atoms with Crippen LogP contribution in [0.4, 0.5) is 74.6 Å². The molecule has 0 aliphatic heterocycles. The number of hydrogen-bond acceptors (Lipinski definition) is 2. The van der Waals surface area contributed by atoms with E-state index in [1.54, 1.807) is 0 Å². The molecule has 0 atom stereocenters. The van der Waals surface area contributed by atoms with Crippen LogP contribution >= 0.6 is 0 Å². The highest BCUT2D eigenvalue weighted by Gasteiger charge is 2.95. The van der Waals surface area contributed by atoms with Gasteiger partial charge in [-0.05, 0) is 19.4 Å². The maximum absolute atomic E-state index is 13.9. The fourth-order valence-electron chi connectivity index (χ4n) is 2.31. The van der Waals surface area contributed by atoms with Gasteiger partial charge in [0.2, 0.25) is 0 Å². The van der Waals surface area contributed by atoms with Crippen LogP contribution in [0.3, 0.4) is 0 Å². The monoisotopic (exact) mass is 600 g/mol. The number of esters is 1. The van der Waals surface area contributed by atoms with Crippen LogP contribution in [0.5, 0.6) is 0 Å². The van der Waals surface area contributed by atoms with Gasteiger partial charge < -0.3 is 4.74 Å². The van der Waals surface area contributed by atoms with Crippen LogP contribution in [-0.2, 0) is 9.53 Å². The topological polar surface area (TPSA) is 26.3 Å². The molecule has 0 heterocycles. The second kappa shape index (κ2) is 9.77. The molecule has 0 aromatic rings. The number of alkyl halides is 17. The third-order valence-electron chi connectivity index (χ3n) is 4.50. The molecule has 0 amide bonds. The summed E-state index contributed by atoms with van der Waals surface area (Å²) in [5, 5.41) is 0. The Morgan fingerprint density at radius 2 is 0.895 bits per heavy atom. The highest BCUT2D eigenvalue weighted by Crippen LogP contribution is 2.63. The van der Waals surface area contributed by atoms with Crippen molar-refractivity contribution in [3.8, 4) is 0 Å². The molecular weight excluding hydrogens is 583 g/mol. The molecule has 224 valence electrons. The number of hydrogen-bond donors (Lipinski definition) is 0. The zero-order valence-corrected chi connectivity index (χ0v) is 19.4. The number of carbonyl (C=O) groups excluding carboxylic acids is 1. The first-order valence-corrected chi connectivity index (χ1v) is 9.51. The molecular formula is C19H17F17O2. The fourth-order valence-corrected chi connectivity index (χ4v) is 2.31. The molecule has 0 bridgehead atoms. The van der Waals surface area contributed by atoms with E-state index in [1.165, 1.54) is 34.6 Å². The Morgan fingerprint density at radius 3 is 1.18 bits per heavy atom. The van der Waals surface area contributed by atoms with Crippen LogP contribution in [-0.4, -0.2) is 60.2 Å². The van der Waals surface area contributed by atoms with E-state index in [4.69, 9.17) is 0 Å². The van der Waals surface area contributed by atoms with Crippen molar-refractivity contribution < 1.29 is 84.2 Å². The molecule has 0 aliphatic rings. The summed E-state index contributed by atoms with van der Waals surface area (Å²) in [5.41, 5.74) is 0.270. The summed E-state index contributed by atoms with van der Waals surface area (Å²) in [4.78, 5) is 12.0. The lowest BCUT2D eigenvalue weighted by Gasteiger charge is -2.42. The number of carbonyl (C=O) groups is 1. The molecule has 0 saturated heterocycles. The Balaban J connectivity index is 6.60. The molecule has 0 N–H and O–H groups in total. The number of ether oxygens (including phenoxy) is 1. The van der Waals surface area contributed by atoms with E-state index in [1.807, 2.05) is 0 Å². The second-order valence-corrected chi connectivity index (χ2v) is 8.97. The van der Waals surface area contributed by atoms with Crippen LogP contribution in [0.2, 0.25) is 0 Å². The van der Waals surface area contributed by atoms with E-state index in [9.17, 15) is 79.4 Å². The Kier molecular flexibility index (Phi) is 9.20. The van der Waals surface area contributed by atoms with Crippen molar-refractivity contribution in [1.82, 2.24) is 0 Å². The van der Waals surface area contributed by atoms with E-state index >= 15 is 0 Å². The van der Waals surface area contributed by atoms with Crippen molar-refractivity contribution in [2.24, 2.45) is 5.41 Å². The van der Waals surface area contributed by atoms with E-state index in [0.29, 0.717) is 0 Å². The summed E-state index contributed by atoms with van der Waals surface area (Å²) in [7, 11) is 0. The maximum Gasteiger partial charge on any atom is 0.460 e. The van der Waals surface area contributed by atoms with Crippen molar-refractivity contribution in [3.05, 3.63) is 16.9 Å². The lowest BCUT2D eigenvalue weighted by Crippen LogP contribution is -2.74. The molecule has 0 saturated carbocycles. The zero-order valence-electron chi connectivity index (χ0n) is 19.4. The summed E-state index contributed by atoms with van der Waals surface area (Å²) < 4.78 is 229. The Bertz CT molecular complexity index is 957. The third kappa shape index (κ3) is 5.57. The highest BCUT2D eigenvalue weighted by molar-refractivity contribution is 5.89. The second-order valence-electron chi connectivity index (χ2n) is 8.97. The van der Waals surface area contributed by atoms with Crippen molar-refractivity contribution in [2.45, 2.75) is 82.3 Å². The summed E-state index contributed by atoms with van der Waals surface area (Å²) in [6.07, 6.45) is -7.82. The van der Waals surface area contributed by atoms with Gasteiger partial charge >= 0.3 is 53.6 Å². The van der Waals surface area contributed by atoms with E-state index in [2.05, 4.69) is 10.5 Å². The Hall–Kier alpha value is -2.20. The van der Waals surface area contributed by atoms with Gasteiger partial charge in [-0.3, -0.25) is 0 Å². The van der Waals surface area contributed by atoms with Gasteiger partial charge in [-0.25, -0.2) is 4.79 Å². The third-order valence-corrected chi connectivity index (χ3v) is 4.50. The van der Waals surface area contributed by atoms with E-state index < -0.39 is 71.2 Å². The average Bonchev–Trinajstić information content (AvgIpc) is 2.67. The SMILES string of the molecule is CC(C)=C=C(C(=O)OCC(F)(F)C(F)(F)C(F)(F)C(F)(F)C(F)(F)C(F)(F)C(F)(F)C(F)(F)F)C(C)(C)C. The summed E-state index contributed by atoms with van der Waals surface area (Å²) in [6.45, 7) is 2.82. The van der Waals surface area contributed by atoms with E-state index in [-0.39, 0.29) is 5.57 Å². The molecule has 0 spiro atoms. The van der Waals surface area contributed by atoms with Gasteiger partial charge in [0.05, 0.1) is 5.57 Å². The molecule has 38 heavy (non-hydrogen) atoms. The standard InChI is InChI=1S/C19H17F17O2/c1-8(2)6-9(11(3,4)5)10(37)38-7-12(20,21)13(22,23)14(24,25)15(26,27)16(28,29)17(30,31)18(32,33)19(34,35)36/h7H2,1-5H3. The van der Waals surface area contributed by atoms with Crippen molar-refractivity contribution >= 4 is 5.97 Å². The van der Waals surface area contributed by atoms with Crippen LogP contribution in [0.15, 0.2) is 16.9 Å². The molecule has 0 rings (SSSR count). The predicted molar refractivity (Wildman–Crippen MR) is 93.0 cm³/mol. The molecule has 0 aromatic carbocycles. The molecule has 0 aliphatic carbocycles. The Labute approximate surface area is 202 Å². The molecule has 19 heteroatoms. The largest absolute Gasteiger partial charge is 0.460 e. The van der Waals surface area contributed by atoms with Crippen LogP contribution in [0.1, 0.15) is 34.6 Å². The van der Waals surface area contributed by atoms with Gasteiger partial charge in [0.25, 0.3) is 0 Å². The molecule has 0 unspecified atom stereocenters. The minimum atomic E-state index is -8.72. The lowest BCUT2D eigenvalue weighted by molar-refractivity contribution is -0.462. The molecule has 0 radical (unpaired) electrons. The minimum absolute atomic E-state index is 0.133. The van der Waals surface area contributed by atoms with Crippen molar-refractivity contribution in [3.63, 3.8) is 0 Å². The first-order valence-electron chi connectivity index (χ1n) is 9.51. The normalized spacial score (nSPS) is 15.2. The van der Waals surface area contributed by atoms with Gasteiger partial charge in [0.1, 0.15) is 0 Å². The minimum Gasteiger partial charge on any atom is -0.455 e. The lowest BCUT2D eigenvalue weighted by atomic mass is 9.86. The van der Waals surface area contributed by atoms with Crippen LogP contribution in [0, 0.1) is 5.41 Å². The highest BCUT2D eigenvalue weighted by atomic mass is 19.4. The predicted octanol–water partition coefficient (Wildman–Crippen LogP) is 8.08. The van der Waals surface area contributed by atoms with Crippen molar-refractivity contribution in [1.29, 1.82) is 0 Å². The summed E-state index contributed by atoms with van der Waals surface area (Å²) >= 11 is 0. The average molecular weight is 600 g/mol. The fraction of sp³-hybridized carbons (Fsp3) is 0.789. The van der Waals surface area contributed by atoms with Gasteiger partial charge in [0, 0.05) is 5.41 Å². The van der Waals surface area contributed by atoms with Gasteiger partial charge in [-0.1, -0.05) is 20.8 Å². The van der Waals surface area contributed by atoms with Gasteiger partial charge in [-0.15, -0.1) is 5.73 Å². The summed E-state index contributed by atoms with van der Waals surface area (Å²) in [5.74, 6) is -59.4. The van der Waals surface area contributed by atoms with Crippen LogP contribution < -0.4 is 0 Å². The summed E-state index contributed by atoms with van der Waals surface area (Å²) in [6, 6.07) is 0. The van der Waals surface area contributed by atoms with Crippen molar-refractivity contribution in [2.75, 3.05) is 6.61 Å². The maximum atomic E-state index is 13.9. The van der Waals surface area contributed by atoms with E-state index in [0.717, 1.165) is 0 Å². The molecule has 0 fully saturated rings. The Morgan fingerprint density at radius 1 is 0.579 bits per heavy atom. The zero-order chi connectivity index (χ0) is 31.4. The first kappa shape index (κ1) is 35.8. The number of rotatable bonds is 9. The van der Waals surface area contributed by atoms with Gasteiger partial charge in [0.15, 0.2) is 6.61 Å². The first-order chi connectivity index (χ1) is 16.2. The quantitative estimate of drug-likeness (QED) is 0.116. The molecule has 0 aromatic heterocycles. The number of halogens is 17. The smallest absolute Gasteiger partial charge is 0.455 e.